The van der Waals surface area contributed by atoms with Gasteiger partial charge in [0.05, 0.1) is 11.0 Å². The molecule has 49 heavy (non-hydrogen) atoms. The molecule has 0 aliphatic rings. The molecule has 0 spiro atoms. The number of benzene rings is 6. The van der Waals surface area contributed by atoms with Gasteiger partial charge in [0.2, 0.25) is 0 Å². The Balaban J connectivity index is 1.28. The molecule has 0 saturated carbocycles. The van der Waals surface area contributed by atoms with E-state index in [1.807, 2.05) is 42.5 Å². The predicted octanol–water partition coefficient (Wildman–Crippen LogP) is 4.31. The zero-order valence-corrected chi connectivity index (χ0v) is 26.9. The molecule has 0 saturated heterocycles. The van der Waals surface area contributed by atoms with E-state index in [0.717, 1.165) is 37.0 Å². The summed E-state index contributed by atoms with van der Waals surface area (Å²) in [7, 11) is 31.6. The molecule has 10 radical (unpaired) electrons. The summed E-state index contributed by atoms with van der Waals surface area (Å²) in [5, 5.41) is 4.60. The van der Waals surface area contributed by atoms with Crippen LogP contribution in [0.1, 0.15) is 0 Å². The van der Waals surface area contributed by atoms with Gasteiger partial charge in [-0.3, -0.25) is 0 Å². The lowest BCUT2D eigenvalue weighted by Crippen LogP contribution is -2.55. The molecule has 0 N–H and O–H groups in total. The molecule has 9 rings (SSSR count). The molecule has 3 aromatic heterocycles. The monoisotopic (exact) mass is 630 g/mol. The van der Waals surface area contributed by atoms with Gasteiger partial charge in [-0.1, -0.05) is 95.9 Å². The van der Waals surface area contributed by atoms with Crippen LogP contribution in [0.5, 0.6) is 0 Å². The summed E-state index contributed by atoms with van der Waals surface area (Å²) in [6.45, 7) is 0. The molecule has 216 valence electrons. The Kier molecular flexibility index (Phi) is 6.92. The third-order valence-corrected chi connectivity index (χ3v) is 10.3. The summed E-state index contributed by atoms with van der Waals surface area (Å²) in [6, 6.07) is 39.6. The normalized spacial score (nSPS) is 11.7. The largest absolute Gasteiger partial charge is 0.309 e. The predicted molar refractivity (Wildman–Crippen MR) is 210 cm³/mol. The maximum Gasteiger partial charge on any atom is 0.164 e. The van der Waals surface area contributed by atoms with Crippen molar-refractivity contribution in [2.24, 2.45) is 0 Å². The topological polar surface area (TPSA) is 43.6 Å². The Hall–Kier alpha value is -5.33. The number of para-hydroxylation sites is 2. The second-order valence-corrected chi connectivity index (χ2v) is 13.0. The van der Waals surface area contributed by atoms with Crippen molar-refractivity contribution in [2.45, 2.75) is 0 Å². The molecular formula is C39H19B5N4S. The summed E-state index contributed by atoms with van der Waals surface area (Å²) in [4.78, 5) is 14.8. The standard InChI is InChI=1S/C39H19B5N4S/c40-32-31(33(41)35(43)36(44)34(32)42)39-46-37(20-9-2-1-3-10-20)45-38(47-39)25-13-8-16-28-30(25)24-18-17-21(19-29(24)49-28)48-26-14-6-4-11-22(26)23-12-5-7-15-27(23)48/h1-19H. The molecule has 10 heteroatoms. The zero-order chi connectivity index (χ0) is 33.4. The van der Waals surface area contributed by atoms with Gasteiger partial charge in [-0.15, -0.1) is 27.7 Å². The Morgan fingerprint density at radius 2 is 1.06 bits per heavy atom. The average molecular weight is 630 g/mol. The summed E-state index contributed by atoms with van der Waals surface area (Å²) in [5.74, 6) is 1.18. The molecule has 4 nitrogen and oxygen atoms in total. The molecule has 0 fully saturated rings. The third kappa shape index (κ3) is 4.62. The van der Waals surface area contributed by atoms with Crippen molar-refractivity contribution in [3.05, 3.63) is 115 Å². The van der Waals surface area contributed by atoms with E-state index < -0.39 is 0 Å². The third-order valence-electron chi connectivity index (χ3n) is 9.15. The van der Waals surface area contributed by atoms with Crippen LogP contribution in [0.25, 0.3) is 81.8 Å². The first kappa shape index (κ1) is 29.8. The SMILES string of the molecule is [B]c1c([B])c([B])c(-c2nc(-c3ccccc3)nc(-c3cccc4sc5cc(-n6c7ccccc7c7ccccc76)ccc5c34)n2)c([B])c1[B]. The Labute approximate surface area is 293 Å². The number of fused-ring (bicyclic) bond motifs is 6. The highest BCUT2D eigenvalue weighted by molar-refractivity contribution is 7.26. The van der Waals surface area contributed by atoms with E-state index in [4.69, 9.17) is 54.2 Å². The minimum atomic E-state index is 0.131. The number of rotatable bonds is 4. The Morgan fingerprint density at radius 3 is 1.76 bits per heavy atom. The zero-order valence-electron chi connectivity index (χ0n) is 26.1. The van der Waals surface area contributed by atoms with Crippen LogP contribution in [0.3, 0.4) is 0 Å². The van der Waals surface area contributed by atoms with Gasteiger partial charge in [0, 0.05) is 53.3 Å². The Morgan fingerprint density at radius 1 is 0.469 bits per heavy atom. The summed E-state index contributed by atoms with van der Waals surface area (Å²) in [5.41, 5.74) is 6.13. The molecule has 0 aliphatic heterocycles. The maximum atomic E-state index is 6.49. The molecule has 6 aromatic carbocycles. The van der Waals surface area contributed by atoms with E-state index in [-0.39, 0.29) is 33.1 Å². The van der Waals surface area contributed by atoms with Crippen LogP contribution in [0.4, 0.5) is 0 Å². The van der Waals surface area contributed by atoms with Gasteiger partial charge in [0.1, 0.15) is 39.2 Å². The molecule has 3 heterocycles. The molecule has 0 unspecified atom stereocenters. The van der Waals surface area contributed by atoms with E-state index in [0.29, 0.717) is 17.2 Å². The quantitative estimate of drug-likeness (QED) is 0.273. The van der Waals surface area contributed by atoms with Crippen molar-refractivity contribution >= 4 is 120 Å². The number of hydrogen-bond acceptors (Lipinski definition) is 4. The highest BCUT2D eigenvalue weighted by atomic mass is 32.1. The second kappa shape index (κ2) is 11.4. The van der Waals surface area contributed by atoms with Crippen LogP contribution in [0.2, 0.25) is 0 Å². The van der Waals surface area contributed by atoms with Crippen LogP contribution in [0, 0.1) is 0 Å². The maximum absolute atomic E-state index is 6.49. The van der Waals surface area contributed by atoms with Crippen molar-refractivity contribution in [2.75, 3.05) is 0 Å². The van der Waals surface area contributed by atoms with Gasteiger partial charge in [0.25, 0.3) is 0 Å². The van der Waals surface area contributed by atoms with Gasteiger partial charge in [0.15, 0.2) is 17.5 Å². The highest BCUT2D eigenvalue weighted by Crippen LogP contribution is 2.41. The van der Waals surface area contributed by atoms with Crippen LogP contribution >= 0.6 is 11.3 Å². The van der Waals surface area contributed by atoms with Crippen LogP contribution in [-0.4, -0.2) is 58.8 Å². The van der Waals surface area contributed by atoms with Crippen molar-refractivity contribution in [1.82, 2.24) is 19.5 Å². The molecular weight excluding hydrogens is 611 g/mol. The van der Waals surface area contributed by atoms with Crippen LogP contribution in [0.15, 0.2) is 115 Å². The number of aromatic nitrogens is 4. The average Bonchev–Trinajstić information content (AvgIpc) is 3.69. The Bertz CT molecular complexity index is 2710. The molecule has 9 aromatic rings. The fourth-order valence-electron chi connectivity index (χ4n) is 6.76. The smallest absolute Gasteiger partial charge is 0.164 e. The van der Waals surface area contributed by atoms with E-state index in [1.54, 1.807) is 11.3 Å². The summed E-state index contributed by atoms with van der Waals surface area (Å²) >= 11 is 1.73. The minimum absolute atomic E-state index is 0.131. The molecule has 0 aliphatic carbocycles. The second-order valence-electron chi connectivity index (χ2n) is 11.9. The summed E-state index contributed by atoms with van der Waals surface area (Å²) < 4.78 is 4.58. The van der Waals surface area contributed by atoms with Gasteiger partial charge >= 0.3 is 0 Å². The van der Waals surface area contributed by atoms with Crippen LogP contribution < -0.4 is 27.3 Å². The van der Waals surface area contributed by atoms with Crippen molar-refractivity contribution < 1.29 is 0 Å². The molecule has 0 amide bonds. The van der Waals surface area contributed by atoms with Gasteiger partial charge in [-0.25, -0.2) is 15.0 Å². The summed E-state index contributed by atoms with van der Waals surface area (Å²) in [6.07, 6.45) is 0. The lowest BCUT2D eigenvalue weighted by molar-refractivity contribution is 1.08. The lowest BCUT2D eigenvalue weighted by Gasteiger charge is -2.20. The first-order valence-corrected chi connectivity index (χ1v) is 16.5. The first-order valence-electron chi connectivity index (χ1n) is 15.7. The van der Waals surface area contributed by atoms with Crippen molar-refractivity contribution in [3.8, 4) is 39.9 Å². The molecule has 0 bridgehead atoms. The van der Waals surface area contributed by atoms with E-state index in [2.05, 4.69) is 77.4 Å². The minimum Gasteiger partial charge on any atom is -0.309 e. The fourth-order valence-corrected chi connectivity index (χ4v) is 7.92. The lowest BCUT2D eigenvalue weighted by atomic mass is 9.60. The fraction of sp³-hybridized carbons (Fsp3) is 0. The van der Waals surface area contributed by atoms with E-state index in [9.17, 15) is 0 Å². The van der Waals surface area contributed by atoms with Crippen molar-refractivity contribution in [3.63, 3.8) is 0 Å². The van der Waals surface area contributed by atoms with Gasteiger partial charge in [-0.05, 0) is 30.3 Å². The van der Waals surface area contributed by atoms with Gasteiger partial charge < -0.3 is 4.57 Å². The number of hydrogen-bond donors (Lipinski definition) is 0. The van der Waals surface area contributed by atoms with Gasteiger partial charge in [-0.2, -0.15) is 0 Å². The number of nitrogens with zero attached hydrogens (tertiary/aromatic N) is 4. The van der Waals surface area contributed by atoms with E-state index in [1.165, 1.54) is 21.8 Å². The first-order chi connectivity index (χ1) is 23.9. The van der Waals surface area contributed by atoms with Crippen LogP contribution in [-0.2, 0) is 0 Å². The number of thiophene rings is 1. The highest BCUT2D eigenvalue weighted by Gasteiger charge is 2.21. The van der Waals surface area contributed by atoms with E-state index >= 15 is 0 Å². The van der Waals surface area contributed by atoms with Crippen molar-refractivity contribution in [1.29, 1.82) is 0 Å². The molecule has 0 atom stereocenters.